The van der Waals surface area contributed by atoms with E-state index in [1.165, 1.54) is 33.4 Å². The zero-order valence-corrected chi connectivity index (χ0v) is 16.0. The first-order valence-electron chi connectivity index (χ1n) is 6.44. The molecule has 1 aliphatic carbocycles. The molecule has 0 aromatic heterocycles. The maximum absolute atomic E-state index is 6.64. The van der Waals surface area contributed by atoms with Crippen LogP contribution in [0.25, 0.3) is 11.1 Å². The first-order valence-corrected chi connectivity index (χ1v) is 7.19. The van der Waals surface area contributed by atoms with E-state index in [0.29, 0.717) is 0 Å². The summed E-state index contributed by atoms with van der Waals surface area (Å²) in [6, 6.07) is 8.64. The fourth-order valence-corrected chi connectivity index (χ4v) is 3.37. The molecule has 0 bridgehead atoms. The molecule has 0 spiro atoms. The fraction of sp³-hybridized carbons (Fsp3) is 0.294. The monoisotopic (exact) mass is 380 g/mol. The fourth-order valence-electron chi connectivity index (χ4n) is 2.74. The van der Waals surface area contributed by atoms with E-state index in [0.717, 1.165) is 11.1 Å². The minimum absolute atomic E-state index is 0. The van der Waals surface area contributed by atoms with E-state index in [-0.39, 0.29) is 26.2 Å². The third-order valence-corrected chi connectivity index (χ3v) is 5.05. The van der Waals surface area contributed by atoms with Crippen LogP contribution in [0.2, 0.25) is 0 Å². The molecule has 1 aliphatic rings. The molecule has 0 N–H and O–H groups in total. The minimum Gasteiger partial charge on any atom is -0.0909 e. The molecular formula is C17H16Cl2Zr. The van der Waals surface area contributed by atoms with Crippen LogP contribution in [0.1, 0.15) is 33.4 Å². The molecule has 0 saturated heterocycles. The largest absolute Gasteiger partial charge is 0.169 e. The molecule has 0 unspecified atom stereocenters. The quantitative estimate of drug-likeness (QED) is 0.522. The summed E-state index contributed by atoms with van der Waals surface area (Å²) < 4.78 is -0.929. The summed E-state index contributed by atoms with van der Waals surface area (Å²) in [4.78, 5) is 0. The Hall–Kier alpha value is -0.0969. The van der Waals surface area contributed by atoms with Crippen LogP contribution in [0.4, 0.5) is 0 Å². The SMILES string of the molecule is Cc1cc2c(cc1C)C(Cl)(Cl)c1cc(C)c(C)cc1-2.[Zr]. The Balaban J connectivity index is 0.00000147. The molecule has 20 heavy (non-hydrogen) atoms. The summed E-state index contributed by atoms with van der Waals surface area (Å²) in [5.41, 5.74) is 9.37. The van der Waals surface area contributed by atoms with Gasteiger partial charge in [0.15, 0.2) is 4.33 Å². The second-order valence-electron chi connectivity index (χ2n) is 5.54. The van der Waals surface area contributed by atoms with Gasteiger partial charge in [0.05, 0.1) is 0 Å². The average Bonchev–Trinajstić information content (AvgIpc) is 2.52. The molecule has 0 saturated carbocycles. The van der Waals surface area contributed by atoms with Gasteiger partial charge in [0, 0.05) is 37.3 Å². The van der Waals surface area contributed by atoms with E-state index < -0.39 is 4.33 Å². The second-order valence-corrected chi connectivity index (χ2v) is 6.87. The van der Waals surface area contributed by atoms with Crippen LogP contribution >= 0.6 is 23.2 Å². The Bertz CT molecular complexity index is 643. The summed E-state index contributed by atoms with van der Waals surface area (Å²) >= 11 is 13.3. The van der Waals surface area contributed by atoms with Crippen molar-refractivity contribution >= 4 is 23.2 Å². The predicted octanol–water partition coefficient (Wildman–Crippen LogP) is 5.58. The molecule has 0 nitrogen and oxygen atoms in total. The first-order chi connectivity index (χ1) is 8.82. The van der Waals surface area contributed by atoms with Crippen molar-refractivity contribution < 1.29 is 26.2 Å². The van der Waals surface area contributed by atoms with Crippen molar-refractivity contribution in [3.05, 3.63) is 57.6 Å². The average molecular weight is 382 g/mol. The Morgan fingerprint density at radius 3 is 1.30 bits per heavy atom. The number of hydrogen-bond donors (Lipinski definition) is 0. The van der Waals surface area contributed by atoms with Crippen LogP contribution in [0.3, 0.4) is 0 Å². The standard InChI is InChI=1S/C17H16Cl2.Zr/c1-9-5-13-14-6-10(2)12(4)8-16(14)17(18,19)15(13)7-11(9)3;/h5-8H,1-4H3;. The minimum atomic E-state index is -0.929. The van der Waals surface area contributed by atoms with Gasteiger partial charge in [-0.25, -0.2) is 0 Å². The van der Waals surface area contributed by atoms with Crippen molar-refractivity contribution in [2.45, 2.75) is 32.0 Å². The van der Waals surface area contributed by atoms with E-state index >= 15 is 0 Å². The smallest absolute Gasteiger partial charge is 0.0909 e. The zero-order chi connectivity index (χ0) is 13.9. The van der Waals surface area contributed by atoms with Gasteiger partial charge in [-0.15, -0.1) is 0 Å². The predicted molar refractivity (Wildman–Crippen MR) is 83.3 cm³/mol. The number of fused-ring (bicyclic) bond motifs is 3. The molecule has 0 heterocycles. The van der Waals surface area contributed by atoms with Crippen molar-refractivity contribution in [2.75, 3.05) is 0 Å². The molecule has 2 aromatic rings. The number of benzene rings is 2. The summed E-state index contributed by atoms with van der Waals surface area (Å²) in [6.45, 7) is 8.44. The van der Waals surface area contributed by atoms with Crippen molar-refractivity contribution in [1.82, 2.24) is 0 Å². The van der Waals surface area contributed by atoms with E-state index in [4.69, 9.17) is 23.2 Å². The van der Waals surface area contributed by atoms with Crippen molar-refractivity contribution in [1.29, 1.82) is 0 Å². The van der Waals surface area contributed by atoms with Crippen molar-refractivity contribution in [3.8, 4) is 11.1 Å². The van der Waals surface area contributed by atoms with Crippen molar-refractivity contribution in [3.63, 3.8) is 0 Å². The van der Waals surface area contributed by atoms with E-state index in [2.05, 4.69) is 52.0 Å². The molecule has 2 aromatic carbocycles. The van der Waals surface area contributed by atoms with Gasteiger partial charge in [0.1, 0.15) is 0 Å². The van der Waals surface area contributed by atoms with Crippen LogP contribution in [-0.4, -0.2) is 0 Å². The van der Waals surface area contributed by atoms with Gasteiger partial charge in [-0.1, -0.05) is 47.5 Å². The normalized spacial score (nSPS) is 14.5. The summed E-state index contributed by atoms with van der Waals surface area (Å²) in [7, 11) is 0. The van der Waals surface area contributed by atoms with Crippen LogP contribution in [0.15, 0.2) is 24.3 Å². The van der Waals surface area contributed by atoms with Crippen LogP contribution in [0, 0.1) is 27.7 Å². The summed E-state index contributed by atoms with van der Waals surface area (Å²) in [6.07, 6.45) is 0. The molecule has 3 rings (SSSR count). The number of hydrogen-bond acceptors (Lipinski definition) is 0. The maximum atomic E-state index is 6.64. The number of aryl methyl sites for hydroxylation is 4. The molecule has 0 amide bonds. The van der Waals surface area contributed by atoms with Gasteiger partial charge in [0.2, 0.25) is 0 Å². The maximum Gasteiger partial charge on any atom is 0.169 e. The Labute approximate surface area is 149 Å². The van der Waals surface area contributed by atoms with E-state index in [1.54, 1.807) is 0 Å². The molecule has 0 atom stereocenters. The Morgan fingerprint density at radius 2 is 0.950 bits per heavy atom. The molecule has 0 fully saturated rings. The summed E-state index contributed by atoms with van der Waals surface area (Å²) in [5, 5.41) is 0. The van der Waals surface area contributed by atoms with Crippen LogP contribution in [-0.2, 0) is 30.5 Å². The van der Waals surface area contributed by atoms with Crippen molar-refractivity contribution in [2.24, 2.45) is 0 Å². The third kappa shape index (κ3) is 2.23. The van der Waals surface area contributed by atoms with E-state index in [1.807, 2.05) is 0 Å². The summed E-state index contributed by atoms with van der Waals surface area (Å²) in [5.74, 6) is 0. The zero-order valence-electron chi connectivity index (χ0n) is 12.1. The number of halogens is 2. The molecular weight excluding hydrogens is 366 g/mol. The van der Waals surface area contributed by atoms with Gasteiger partial charge >= 0.3 is 0 Å². The first kappa shape index (κ1) is 16.3. The van der Waals surface area contributed by atoms with Gasteiger partial charge in [-0.2, -0.15) is 0 Å². The molecule has 102 valence electrons. The van der Waals surface area contributed by atoms with Gasteiger partial charge in [-0.05, 0) is 61.1 Å². The number of alkyl halides is 2. The third-order valence-electron chi connectivity index (χ3n) is 4.23. The molecule has 0 aliphatic heterocycles. The topological polar surface area (TPSA) is 0 Å². The van der Waals surface area contributed by atoms with Gasteiger partial charge in [0.25, 0.3) is 0 Å². The molecule has 0 radical (unpaired) electrons. The second kappa shape index (κ2) is 5.27. The van der Waals surface area contributed by atoms with E-state index in [9.17, 15) is 0 Å². The van der Waals surface area contributed by atoms with Gasteiger partial charge < -0.3 is 0 Å². The molecule has 3 heteroatoms. The van der Waals surface area contributed by atoms with Crippen LogP contribution in [0.5, 0.6) is 0 Å². The van der Waals surface area contributed by atoms with Crippen LogP contribution < -0.4 is 0 Å². The number of rotatable bonds is 0. The van der Waals surface area contributed by atoms with Gasteiger partial charge in [-0.3, -0.25) is 0 Å². The Morgan fingerprint density at radius 1 is 0.650 bits per heavy atom. The Kier molecular flexibility index (Phi) is 4.29.